The molecule has 1 fully saturated rings. The van der Waals surface area contributed by atoms with Gasteiger partial charge in [0, 0.05) is 12.8 Å². The van der Waals surface area contributed by atoms with Crippen LogP contribution in [0.1, 0.15) is 59.3 Å². The molecule has 1 saturated heterocycles. The van der Waals surface area contributed by atoms with Crippen LogP contribution < -0.4 is 11.5 Å². The molecule has 0 amide bonds. The van der Waals surface area contributed by atoms with Crippen molar-refractivity contribution < 1.29 is 19.8 Å². The number of nitrogens with one attached hydrogen (secondary N) is 1. The van der Waals surface area contributed by atoms with Crippen molar-refractivity contribution in [3.05, 3.63) is 0 Å². The van der Waals surface area contributed by atoms with Gasteiger partial charge in [0.25, 0.3) is 0 Å². The number of carbonyl (C=O) groups is 2. The van der Waals surface area contributed by atoms with E-state index in [1.807, 2.05) is 0 Å². The van der Waals surface area contributed by atoms with Crippen LogP contribution in [0.2, 0.25) is 0 Å². The molecule has 126 valence electrons. The minimum atomic E-state index is -0.870. The molecule has 0 bridgehead atoms. The highest BCUT2D eigenvalue weighted by molar-refractivity contribution is 5.67. The number of hydrogen-bond acceptors (Lipinski definition) is 4. The van der Waals surface area contributed by atoms with Gasteiger partial charge in [-0.05, 0) is 50.1 Å². The van der Waals surface area contributed by atoms with E-state index in [0.717, 1.165) is 5.92 Å². The molecule has 0 aromatic rings. The van der Waals surface area contributed by atoms with Crippen molar-refractivity contribution in [2.24, 2.45) is 11.3 Å². The van der Waals surface area contributed by atoms with E-state index in [0.29, 0.717) is 18.3 Å². The molecule has 1 unspecified atom stereocenters. The highest BCUT2D eigenvalue weighted by Gasteiger charge is 2.22. The first kappa shape index (κ1) is 22.1. The first-order valence-electron chi connectivity index (χ1n) is 7.37. The zero-order chi connectivity index (χ0) is 15.6. The van der Waals surface area contributed by atoms with Crippen molar-refractivity contribution in [2.75, 3.05) is 13.1 Å². The van der Waals surface area contributed by atoms with E-state index in [1.165, 1.54) is 25.9 Å². The summed E-state index contributed by atoms with van der Waals surface area (Å²) in [4.78, 5) is 19.8. The third-order valence-corrected chi connectivity index (χ3v) is 3.40. The van der Waals surface area contributed by atoms with Crippen molar-refractivity contribution in [2.45, 2.75) is 59.3 Å². The average Bonchev–Trinajstić information content (AvgIpc) is 2.45. The highest BCUT2D eigenvalue weighted by atomic mass is 16.4. The first-order chi connectivity index (χ1) is 9.23. The second kappa shape index (κ2) is 11.5. The van der Waals surface area contributed by atoms with Gasteiger partial charge in [0.2, 0.25) is 0 Å². The number of rotatable bonds is 5. The Kier molecular flexibility index (Phi) is 12.1. The summed E-state index contributed by atoms with van der Waals surface area (Å²) in [6.07, 6.45) is 3.72. The second-order valence-electron chi connectivity index (χ2n) is 6.42. The van der Waals surface area contributed by atoms with E-state index in [2.05, 4.69) is 26.1 Å². The molecule has 1 atom stereocenters. The maximum atomic E-state index is 9.90. The minimum Gasteiger partial charge on any atom is -0.481 e. The summed E-state index contributed by atoms with van der Waals surface area (Å²) in [5, 5.41) is 19.7. The van der Waals surface area contributed by atoms with E-state index in [1.54, 1.807) is 0 Å². The topological polar surface area (TPSA) is 122 Å². The lowest BCUT2D eigenvalue weighted by atomic mass is 9.82. The molecular weight excluding hydrogens is 272 g/mol. The predicted octanol–water partition coefficient (Wildman–Crippen LogP) is 2.91. The summed E-state index contributed by atoms with van der Waals surface area (Å²) in [5.41, 5.74) is 0.572. The van der Waals surface area contributed by atoms with Gasteiger partial charge in [-0.3, -0.25) is 9.59 Å². The van der Waals surface area contributed by atoms with Crippen LogP contribution in [0.3, 0.4) is 0 Å². The van der Waals surface area contributed by atoms with E-state index in [9.17, 15) is 9.59 Å². The van der Waals surface area contributed by atoms with Crippen LogP contribution in [-0.4, -0.2) is 35.2 Å². The van der Waals surface area contributed by atoms with Crippen LogP contribution in [0.25, 0.3) is 0 Å². The lowest BCUT2D eigenvalue weighted by Gasteiger charge is -2.23. The molecule has 0 aromatic heterocycles. The summed E-state index contributed by atoms with van der Waals surface area (Å²) in [5.74, 6) is -0.881. The molecule has 1 rings (SSSR count). The van der Waals surface area contributed by atoms with E-state index in [4.69, 9.17) is 10.2 Å². The molecule has 6 N–H and O–H groups in total. The van der Waals surface area contributed by atoms with Gasteiger partial charge in [-0.25, -0.2) is 0 Å². The largest absolute Gasteiger partial charge is 0.481 e. The Balaban J connectivity index is 0. The summed E-state index contributed by atoms with van der Waals surface area (Å²) in [7, 11) is 0. The summed E-state index contributed by atoms with van der Waals surface area (Å²) in [6, 6.07) is 0. The van der Waals surface area contributed by atoms with E-state index >= 15 is 0 Å². The number of unbranched alkanes of at least 4 members (excludes halogenated alkanes) is 1. The average molecular weight is 304 g/mol. The normalized spacial score (nSPS) is 20.2. The fourth-order valence-corrected chi connectivity index (χ4v) is 2.45. The van der Waals surface area contributed by atoms with Crippen LogP contribution in [-0.2, 0) is 9.59 Å². The molecule has 1 aliphatic rings. The standard InChI is InChI=1S/C9H19N.C6H10O4.H3N/c1-8-6-9(2,3)4-5-10-7-8;7-5(8)3-1-2-4-6(9)10;/h8,10H,4-7H2,1-3H3;1-4H2,(H,7,8)(H,9,10);1H3. The Bertz CT molecular complexity index is 290. The van der Waals surface area contributed by atoms with Crippen molar-refractivity contribution in [1.29, 1.82) is 0 Å². The van der Waals surface area contributed by atoms with E-state index in [-0.39, 0.29) is 19.0 Å². The highest BCUT2D eigenvalue weighted by Crippen LogP contribution is 2.30. The molecule has 0 aromatic carbocycles. The van der Waals surface area contributed by atoms with Gasteiger partial charge in [-0.15, -0.1) is 0 Å². The number of carboxylic acid groups (broad SMARTS) is 2. The van der Waals surface area contributed by atoms with Crippen LogP contribution in [0.5, 0.6) is 0 Å². The molecule has 0 saturated carbocycles. The molecule has 6 heteroatoms. The zero-order valence-electron chi connectivity index (χ0n) is 13.7. The number of carboxylic acids is 2. The fourth-order valence-electron chi connectivity index (χ4n) is 2.45. The lowest BCUT2D eigenvalue weighted by Crippen LogP contribution is -2.18. The van der Waals surface area contributed by atoms with Gasteiger partial charge in [-0.2, -0.15) is 0 Å². The van der Waals surface area contributed by atoms with Crippen molar-refractivity contribution in [3.8, 4) is 0 Å². The quantitative estimate of drug-likeness (QED) is 0.579. The van der Waals surface area contributed by atoms with Crippen molar-refractivity contribution in [3.63, 3.8) is 0 Å². The van der Waals surface area contributed by atoms with Crippen LogP contribution >= 0.6 is 0 Å². The number of hydrogen-bond donors (Lipinski definition) is 4. The molecule has 0 radical (unpaired) electrons. The molecular formula is C15H32N2O4. The maximum absolute atomic E-state index is 9.90. The van der Waals surface area contributed by atoms with Gasteiger partial charge < -0.3 is 21.7 Å². The lowest BCUT2D eigenvalue weighted by molar-refractivity contribution is -0.139. The Morgan fingerprint density at radius 1 is 1.14 bits per heavy atom. The van der Waals surface area contributed by atoms with Crippen LogP contribution in [0.15, 0.2) is 0 Å². The third kappa shape index (κ3) is 15.1. The summed E-state index contributed by atoms with van der Waals surface area (Å²) in [6.45, 7) is 9.49. The molecule has 0 spiro atoms. The van der Waals surface area contributed by atoms with Crippen LogP contribution in [0.4, 0.5) is 0 Å². The van der Waals surface area contributed by atoms with Gasteiger partial charge >= 0.3 is 11.9 Å². The zero-order valence-corrected chi connectivity index (χ0v) is 13.7. The Morgan fingerprint density at radius 2 is 1.62 bits per heavy atom. The first-order valence-corrected chi connectivity index (χ1v) is 7.37. The molecule has 1 aliphatic heterocycles. The smallest absolute Gasteiger partial charge is 0.303 e. The molecule has 0 aliphatic carbocycles. The SMILES string of the molecule is CC1CNCCC(C)(C)C1.N.O=C(O)CCCCC(=O)O. The third-order valence-electron chi connectivity index (χ3n) is 3.40. The number of aliphatic carboxylic acids is 2. The second-order valence-corrected chi connectivity index (χ2v) is 6.42. The summed E-state index contributed by atoms with van der Waals surface area (Å²) >= 11 is 0. The van der Waals surface area contributed by atoms with E-state index < -0.39 is 11.9 Å². The maximum Gasteiger partial charge on any atom is 0.303 e. The predicted molar refractivity (Wildman–Crippen MR) is 83.8 cm³/mol. The summed E-state index contributed by atoms with van der Waals surface area (Å²) < 4.78 is 0. The van der Waals surface area contributed by atoms with Crippen molar-refractivity contribution >= 4 is 11.9 Å². The van der Waals surface area contributed by atoms with Crippen LogP contribution in [0, 0.1) is 11.3 Å². The van der Waals surface area contributed by atoms with Gasteiger partial charge in [0.1, 0.15) is 0 Å². The van der Waals surface area contributed by atoms with Gasteiger partial charge in [-0.1, -0.05) is 20.8 Å². The van der Waals surface area contributed by atoms with Gasteiger partial charge in [0.05, 0.1) is 0 Å². The van der Waals surface area contributed by atoms with Gasteiger partial charge in [0.15, 0.2) is 0 Å². The minimum absolute atomic E-state index is 0. The Labute approximate surface area is 127 Å². The monoisotopic (exact) mass is 304 g/mol. The molecule has 21 heavy (non-hydrogen) atoms. The molecule has 1 heterocycles. The van der Waals surface area contributed by atoms with Crippen molar-refractivity contribution in [1.82, 2.24) is 11.5 Å². The fraction of sp³-hybridized carbons (Fsp3) is 0.867. The Morgan fingerprint density at radius 3 is 2.05 bits per heavy atom. The molecule has 6 nitrogen and oxygen atoms in total. The Hall–Kier alpha value is -1.14.